The minimum atomic E-state index is 0.212. The highest BCUT2D eigenvalue weighted by Crippen LogP contribution is 2.21. The Morgan fingerprint density at radius 1 is 1.42 bits per heavy atom. The largest absolute Gasteiger partial charge is 0.271 e. The predicted octanol–water partition coefficient (Wildman–Crippen LogP) is 1.67. The highest BCUT2D eigenvalue weighted by molar-refractivity contribution is 4.96. The fourth-order valence-electron chi connectivity index (χ4n) is 1.11. The molecule has 0 saturated heterocycles. The van der Waals surface area contributed by atoms with Crippen molar-refractivity contribution in [2.45, 2.75) is 46.6 Å². The molecule has 70 valence electrons. The second-order valence-corrected chi connectivity index (χ2v) is 4.05. The molecule has 0 bridgehead atoms. The molecular formula is C10H20N2. The van der Waals surface area contributed by atoms with Crippen LogP contribution in [-0.4, -0.2) is 6.04 Å². The van der Waals surface area contributed by atoms with Gasteiger partial charge in [-0.2, -0.15) is 0 Å². The Kier molecular flexibility index (Phi) is 4.96. The van der Waals surface area contributed by atoms with Gasteiger partial charge in [0.05, 0.1) is 0 Å². The molecule has 0 aromatic rings. The standard InChI is InChI=1S/C10H20N2/c1-5-6-7-8-9(12-11)10(2,3)4/h9,12H,7-8,11H2,1-4H3. The van der Waals surface area contributed by atoms with Crippen LogP contribution < -0.4 is 11.3 Å². The SMILES string of the molecule is CC#CCCC(NN)C(C)(C)C. The first-order valence-corrected chi connectivity index (χ1v) is 4.38. The summed E-state index contributed by atoms with van der Waals surface area (Å²) < 4.78 is 0. The lowest BCUT2D eigenvalue weighted by atomic mass is 9.84. The van der Waals surface area contributed by atoms with Crippen molar-refractivity contribution in [1.82, 2.24) is 5.43 Å². The van der Waals surface area contributed by atoms with E-state index < -0.39 is 0 Å². The van der Waals surface area contributed by atoms with Gasteiger partial charge in [0.2, 0.25) is 0 Å². The van der Waals surface area contributed by atoms with Crippen LogP contribution >= 0.6 is 0 Å². The Morgan fingerprint density at radius 3 is 2.33 bits per heavy atom. The van der Waals surface area contributed by atoms with Crippen LogP contribution in [0.5, 0.6) is 0 Å². The highest BCUT2D eigenvalue weighted by atomic mass is 15.2. The number of rotatable bonds is 3. The summed E-state index contributed by atoms with van der Waals surface area (Å²) >= 11 is 0. The molecule has 0 aliphatic carbocycles. The van der Waals surface area contributed by atoms with Crippen LogP contribution in [0.1, 0.15) is 40.5 Å². The van der Waals surface area contributed by atoms with Crippen LogP contribution in [-0.2, 0) is 0 Å². The first kappa shape index (κ1) is 11.5. The van der Waals surface area contributed by atoms with E-state index in [4.69, 9.17) is 5.84 Å². The maximum atomic E-state index is 5.44. The van der Waals surface area contributed by atoms with Gasteiger partial charge in [0.1, 0.15) is 0 Å². The lowest BCUT2D eigenvalue weighted by Crippen LogP contribution is -2.44. The second kappa shape index (κ2) is 5.18. The molecule has 1 atom stereocenters. The Hall–Kier alpha value is -0.520. The summed E-state index contributed by atoms with van der Waals surface area (Å²) in [4.78, 5) is 0. The fourth-order valence-corrected chi connectivity index (χ4v) is 1.11. The van der Waals surface area contributed by atoms with Gasteiger partial charge in [0.15, 0.2) is 0 Å². The molecule has 0 aliphatic rings. The zero-order valence-corrected chi connectivity index (χ0v) is 8.57. The Labute approximate surface area is 75.9 Å². The van der Waals surface area contributed by atoms with Crippen LogP contribution in [0, 0.1) is 17.3 Å². The average Bonchev–Trinajstić information content (AvgIpc) is 1.95. The lowest BCUT2D eigenvalue weighted by molar-refractivity contribution is 0.259. The molecule has 0 saturated carbocycles. The van der Waals surface area contributed by atoms with Gasteiger partial charge < -0.3 is 0 Å². The topological polar surface area (TPSA) is 38.0 Å². The van der Waals surface area contributed by atoms with Crippen molar-refractivity contribution in [1.29, 1.82) is 0 Å². The van der Waals surface area contributed by atoms with Crippen LogP contribution in [0.3, 0.4) is 0 Å². The van der Waals surface area contributed by atoms with Gasteiger partial charge in [-0.3, -0.25) is 11.3 Å². The first-order chi connectivity index (χ1) is 5.52. The molecule has 0 aromatic heterocycles. The van der Waals surface area contributed by atoms with E-state index in [-0.39, 0.29) is 5.41 Å². The molecule has 0 heterocycles. The number of hydrazine groups is 1. The molecule has 0 radical (unpaired) electrons. The maximum absolute atomic E-state index is 5.44. The number of hydrogen-bond acceptors (Lipinski definition) is 2. The summed E-state index contributed by atoms with van der Waals surface area (Å²) in [5.74, 6) is 11.4. The maximum Gasteiger partial charge on any atom is 0.0268 e. The quantitative estimate of drug-likeness (QED) is 0.382. The summed E-state index contributed by atoms with van der Waals surface area (Å²) in [7, 11) is 0. The third-order valence-corrected chi connectivity index (χ3v) is 1.98. The molecule has 0 spiro atoms. The Bertz CT molecular complexity index is 169. The van der Waals surface area contributed by atoms with Crippen molar-refractivity contribution < 1.29 is 0 Å². The summed E-state index contributed by atoms with van der Waals surface area (Å²) in [6, 6.07) is 0.346. The Balaban J connectivity index is 3.89. The number of nitrogens with two attached hydrogens (primary N) is 1. The third kappa shape index (κ3) is 4.38. The van der Waals surface area contributed by atoms with E-state index in [9.17, 15) is 0 Å². The molecule has 2 nitrogen and oxygen atoms in total. The van der Waals surface area contributed by atoms with Crippen molar-refractivity contribution in [2.75, 3.05) is 0 Å². The first-order valence-electron chi connectivity index (χ1n) is 4.38. The predicted molar refractivity (Wildman–Crippen MR) is 53.3 cm³/mol. The minimum Gasteiger partial charge on any atom is -0.271 e. The second-order valence-electron chi connectivity index (χ2n) is 4.05. The van der Waals surface area contributed by atoms with Gasteiger partial charge in [0.25, 0.3) is 0 Å². The summed E-state index contributed by atoms with van der Waals surface area (Å²) in [5.41, 5.74) is 3.05. The van der Waals surface area contributed by atoms with Crippen LogP contribution in [0.4, 0.5) is 0 Å². The van der Waals surface area contributed by atoms with Gasteiger partial charge in [-0.1, -0.05) is 20.8 Å². The van der Waals surface area contributed by atoms with Crippen LogP contribution in [0.2, 0.25) is 0 Å². The van der Waals surface area contributed by atoms with Gasteiger partial charge in [-0.25, -0.2) is 0 Å². The van der Waals surface area contributed by atoms with E-state index in [1.807, 2.05) is 6.92 Å². The van der Waals surface area contributed by atoms with Gasteiger partial charge in [0, 0.05) is 12.5 Å². The normalized spacial score (nSPS) is 13.4. The van der Waals surface area contributed by atoms with Gasteiger partial charge >= 0.3 is 0 Å². The smallest absolute Gasteiger partial charge is 0.0268 e. The summed E-state index contributed by atoms with van der Waals surface area (Å²) in [6.07, 6.45) is 1.93. The number of hydrogen-bond donors (Lipinski definition) is 2. The van der Waals surface area contributed by atoms with Crippen molar-refractivity contribution in [2.24, 2.45) is 11.3 Å². The van der Waals surface area contributed by atoms with E-state index in [0.29, 0.717) is 6.04 Å². The molecule has 1 unspecified atom stereocenters. The van der Waals surface area contributed by atoms with E-state index in [1.54, 1.807) is 0 Å². The summed E-state index contributed by atoms with van der Waals surface area (Å²) in [5, 5.41) is 0. The minimum absolute atomic E-state index is 0.212. The average molecular weight is 168 g/mol. The zero-order valence-electron chi connectivity index (χ0n) is 8.57. The molecule has 0 amide bonds. The van der Waals surface area contributed by atoms with Crippen LogP contribution in [0.25, 0.3) is 0 Å². The van der Waals surface area contributed by atoms with Gasteiger partial charge in [-0.05, 0) is 18.8 Å². The molecule has 12 heavy (non-hydrogen) atoms. The highest BCUT2D eigenvalue weighted by Gasteiger charge is 2.22. The lowest BCUT2D eigenvalue weighted by Gasteiger charge is -2.29. The van der Waals surface area contributed by atoms with E-state index in [0.717, 1.165) is 12.8 Å². The Morgan fingerprint density at radius 2 is 2.00 bits per heavy atom. The molecular weight excluding hydrogens is 148 g/mol. The monoisotopic (exact) mass is 168 g/mol. The van der Waals surface area contributed by atoms with Crippen LogP contribution in [0.15, 0.2) is 0 Å². The van der Waals surface area contributed by atoms with Gasteiger partial charge in [-0.15, -0.1) is 11.8 Å². The zero-order chi connectivity index (χ0) is 9.61. The molecule has 0 aliphatic heterocycles. The van der Waals surface area contributed by atoms with Crippen molar-refractivity contribution in [3.05, 3.63) is 0 Å². The molecule has 0 fully saturated rings. The van der Waals surface area contributed by atoms with Crippen molar-refractivity contribution >= 4 is 0 Å². The van der Waals surface area contributed by atoms with Crippen molar-refractivity contribution in [3.8, 4) is 11.8 Å². The third-order valence-electron chi connectivity index (χ3n) is 1.98. The van der Waals surface area contributed by atoms with Crippen molar-refractivity contribution in [3.63, 3.8) is 0 Å². The molecule has 0 aromatic carbocycles. The summed E-state index contributed by atoms with van der Waals surface area (Å²) in [6.45, 7) is 8.40. The fraction of sp³-hybridized carbons (Fsp3) is 0.800. The molecule has 3 N–H and O–H groups in total. The van der Waals surface area contributed by atoms with E-state index in [1.165, 1.54) is 0 Å². The van der Waals surface area contributed by atoms with E-state index in [2.05, 4.69) is 38.0 Å². The number of nitrogens with one attached hydrogen (secondary N) is 1. The van der Waals surface area contributed by atoms with E-state index >= 15 is 0 Å². The molecule has 0 rings (SSSR count). The molecule has 2 heteroatoms.